The highest BCUT2D eigenvalue weighted by molar-refractivity contribution is 7.99. The number of methoxy groups -OCH3 is 1. The van der Waals surface area contributed by atoms with E-state index in [1.54, 1.807) is 0 Å². The van der Waals surface area contributed by atoms with E-state index in [4.69, 9.17) is 0 Å². The van der Waals surface area contributed by atoms with Crippen molar-refractivity contribution < 1.29 is 14.3 Å². The highest BCUT2D eigenvalue weighted by atomic mass is 32.2. The normalized spacial score (nSPS) is 9.76. The lowest BCUT2D eigenvalue weighted by molar-refractivity contribution is -0.140. The molecule has 0 aliphatic heterocycles. The standard InChI is InChI=1S/C12H15NO3S/c1-9(14)13-10-5-3-4-6-11(10)17-8-7-12(15)16-2/h3-6H,7-8H2,1-2H3,(H,13,14). The Hall–Kier alpha value is -1.49. The van der Waals surface area contributed by atoms with Crippen LogP contribution in [0.2, 0.25) is 0 Å². The minimum atomic E-state index is -0.227. The number of esters is 1. The Bertz CT molecular complexity index is 406. The van der Waals surface area contributed by atoms with Gasteiger partial charge in [-0.05, 0) is 12.1 Å². The van der Waals surface area contributed by atoms with Crippen molar-refractivity contribution in [2.45, 2.75) is 18.2 Å². The van der Waals surface area contributed by atoms with Gasteiger partial charge in [0.15, 0.2) is 0 Å². The first-order chi connectivity index (χ1) is 8.13. The highest BCUT2D eigenvalue weighted by Crippen LogP contribution is 2.27. The quantitative estimate of drug-likeness (QED) is 0.646. The van der Waals surface area contributed by atoms with Crippen molar-refractivity contribution in [3.8, 4) is 0 Å². The summed E-state index contributed by atoms with van der Waals surface area (Å²) in [6, 6.07) is 7.50. The topological polar surface area (TPSA) is 55.4 Å². The molecule has 0 saturated carbocycles. The van der Waals surface area contributed by atoms with Crippen molar-refractivity contribution in [2.75, 3.05) is 18.2 Å². The summed E-state index contributed by atoms with van der Waals surface area (Å²) in [7, 11) is 1.37. The summed E-state index contributed by atoms with van der Waals surface area (Å²) >= 11 is 1.52. The molecule has 0 aliphatic rings. The van der Waals surface area contributed by atoms with Gasteiger partial charge in [-0.25, -0.2) is 0 Å². The number of amides is 1. The van der Waals surface area contributed by atoms with E-state index < -0.39 is 0 Å². The Morgan fingerprint density at radius 2 is 2.06 bits per heavy atom. The summed E-state index contributed by atoms with van der Waals surface area (Å²) in [4.78, 5) is 22.9. The minimum Gasteiger partial charge on any atom is -0.469 e. The summed E-state index contributed by atoms with van der Waals surface area (Å²) < 4.78 is 4.56. The predicted molar refractivity (Wildman–Crippen MR) is 68.1 cm³/mol. The van der Waals surface area contributed by atoms with Crippen LogP contribution in [0.4, 0.5) is 5.69 Å². The molecular formula is C12H15NO3S. The van der Waals surface area contributed by atoms with E-state index in [-0.39, 0.29) is 11.9 Å². The maximum absolute atomic E-state index is 11.0. The molecular weight excluding hydrogens is 238 g/mol. The van der Waals surface area contributed by atoms with Crippen molar-refractivity contribution in [1.29, 1.82) is 0 Å². The Kier molecular flexibility index (Phi) is 5.56. The molecule has 92 valence electrons. The highest BCUT2D eigenvalue weighted by Gasteiger charge is 2.05. The first-order valence-electron chi connectivity index (χ1n) is 5.19. The molecule has 0 fully saturated rings. The summed E-state index contributed by atoms with van der Waals surface area (Å²) in [6.07, 6.45) is 0.357. The fourth-order valence-corrected chi connectivity index (χ4v) is 2.17. The number of carbonyl (C=O) groups is 2. The fraction of sp³-hybridized carbons (Fsp3) is 0.333. The van der Waals surface area contributed by atoms with E-state index in [2.05, 4.69) is 10.1 Å². The Balaban J connectivity index is 2.57. The van der Waals surface area contributed by atoms with Gasteiger partial charge in [-0.2, -0.15) is 0 Å². The average Bonchev–Trinajstić information content (AvgIpc) is 2.30. The molecule has 0 radical (unpaired) electrons. The molecule has 0 atom stereocenters. The molecule has 17 heavy (non-hydrogen) atoms. The summed E-state index contributed by atoms with van der Waals surface area (Å²) in [5.74, 6) is 0.295. The van der Waals surface area contributed by atoms with Gasteiger partial charge < -0.3 is 10.1 Å². The minimum absolute atomic E-state index is 0.106. The van der Waals surface area contributed by atoms with Crippen molar-refractivity contribution in [3.05, 3.63) is 24.3 Å². The molecule has 0 spiro atoms. The number of hydrogen-bond acceptors (Lipinski definition) is 4. The van der Waals surface area contributed by atoms with Crippen molar-refractivity contribution in [3.63, 3.8) is 0 Å². The summed E-state index contributed by atoms with van der Waals surface area (Å²) in [5.41, 5.74) is 0.773. The van der Waals surface area contributed by atoms with E-state index in [0.717, 1.165) is 10.6 Å². The smallest absolute Gasteiger partial charge is 0.306 e. The van der Waals surface area contributed by atoms with Crippen LogP contribution < -0.4 is 5.32 Å². The number of thioether (sulfide) groups is 1. The van der Waals surface area contributed by atoms with Crippen LogP contribution in [-0.2, 0) is 14.3 Å². The zero-order valence-corrected chi connectivity index (χ0v) is 10.7. The molecule has 1 rings (SSSR count). The summed E-state index contributed by atoms with van der Waals surface area (Å²) in [6.45, 7) is 1.47. The number of nitrogens with one attached hydrogen (secondary N) is 1. The van der Waals surface area contributed by atoms with Crippen LogP contribution >= 0.6 is 11.8 Å². The number of para-hydroxylation sites is 1. The lowest BCUT2D eigenvalue weighted by Gasteiger charge is -2.08. The van der Waals surface area contributed by atoms with Crippen LogP contribution in [0.5, 0.6) is 0 Å². The number of anilines is 1. The van der Waals surface area contributed by atoms with E-state index in [1.165, 1.54) is 25.8 Å². The second-order valence-corrected chi connectivity index (χ2v) is 4.49. The zero-order chi connectivity index (χ0) is 12.7. The first-order valence-corrected chi connectivity index (χ1v) is 6.18. The number of rotatable bonds is 5. The molecule has 0 aliphatic carbocycles. The third-order valence-corrected chi connectivity index (χ3v) is 3.06. The number of ether oxygens (including phenoxy) is 1. The van der Waals surface area contributed by atoms with E-state index in [0.29, 0.717) is 12.2 Å². The van der Waals surface area contributed by atoms with Gasteiger partial charge in [0.2, 0.25) is 5.91 Å². The first kappa shape index (κ1) is 13.6. The van der Waals surface area contributed by atoms with Crippen LogP contribution in [0, 0.1) is 0 Å². The lowest BCUT2D eigenvalue weighted by Crippen LogP contribution is -2.07. The van der Waals surface area contributed by atoms with Crippen LogP contribution in [-0.4, -0.2) is 24.7 Å². The Morgan fingerprint density at radius 1 is 1.35 bits per heavy atom. The molecule has 1 aromatic rings. The van der Waals surface area contributed by atoms with Gasteiger partial charge in [-0.15, -0.1) is 11.8 Å². The zero-order valence-electron chi connectivity index (χ0n) is 9.86. The maximum Gasteiger partial charge on any atom is 0.306 e. The lowest BCUT2D eigenvalue weighted by atomic mass is 10.3. The predicted octanol–water partition coefficient (Wildman–Crippen LogP) is 2.30. The molecule has 5 heteroatoms. The van der Waals surface area contributed by atoms with Crippen LogP contribution in [0.15, 0.2) is 29.2 Å². The maximum atomic E-state index is 11.0. The van der Waals surface area contributed by atoms with Crippen molar-refractivity contribution >= 4 is 29.3 Å². The number of hydrogen-bond donors (Lipinski definition) is 1. The third-order valence-electron chi connectivity index (χ3n) is 1.99. The molecule has 0 aromatic heterocycles. The Morgan fingerprint density at radius 3 is 2.71 bits per heavy atom. The van der Waals surface area contributed by atoms with Gasteiger partial charge in [0.25, 0.3) is 0 Å². The van der Waals surface area contributed by atoms with E-state index in [9.17, 15) is 9.59 Å². The molecule has 4 nitrogen and oxygen atoms in total. The molecule has 0 bridgehead atoms. The van der Waals surface area contributed by atoms with Gasteiger partial charge in [0, 0.05) is 17.6 Å². The molecule has 1 amide bonds. The van der Waals surface area contributed by atoms with Gasteiger partial charge in [0.05, 0.1) is 19.2 Å². The van der Waals surface area contributed by atoms with Gasteiger partial charge in [0.1, 0.15) is 0 Å². The van der Waals surface area contributed by atoms with Crippen LogP contribution in [0.1, 0.15) is 13.3 Å². The van der Waals surface area contributed by atoms with Gasteiger partial charge in [-0.3, -0.25) is 9.59 Å². The van der Waals surface area contributed by atoms with Crippen LogP contribution in [0.25, 0.3) is 0 Å². The number of benzene rings is 1. The molecule has 0 heterocycles. The van der Waals surface area contributed by atoms with Crippen molar-refractivity contribution in [2.24, 2.45) is 0 Å². The Labute approximate surface area is 105 Å². The fourth-order valence-electron chi connectivity index (χ4n) is 1.23. The molecule has 0 unspecified atom stereocenters. The number of carbonyl (C=O) groups excluding carboxylic acids is 2. The SMILES string of the molecule is COC(=O)CCSc1ccccc1NC(C)=O. The van der Waals surface area contributed by atoms with Gasteiger partial charge in [-0.1, -0.05) is 12.1 Å². The summed E-state index contributed by atoms with van der Waals surface area (Å²) in [5, 5.41) is 2.75. The van der Waals surface area contributed by atoms with E-state index in [1.807, 2.05) is 24.3 Å². The second-order valence-electron chi connectivity index (χ2n) is 3.35. The third kappa shape index (κ3) is 4.91. The van der Waals surface area contributed by atoms with Gasteiger partial charge >= 0.3 is 5.97 Å². The van der Waals surface area contributed by atoms with E-state index >= 15 is 0 Å². The largest absolute Gasteiger partial charge is 0.469 e. The average molecular weight is 253 g/mol. The van der Waals surface area contributed by atoms with Crippen molar-refractivity contribution in [1.82, 2.24) is 0 Å². The second kappa shape index (κ2) is 6.96. The molecule has 1 aromatic carbocycles. The molecule has 0 saturated heterocycles. The van der Waals surface area contributed by atoms with Crippen LogP contribution in [0.3, 0.4) is 0 Å². The monoisotopic (exact) mass is 253 g/mol. The molecule has 1 N–H and O–H groups in total.